The molecular weight excluding hydrogens is 379 g/mol. The van der Waals surface area contributed by atoms with Crippen LogP contribution in [-0.4, -0.2) is 14.9 Å². The lowest BCUT2D eigenvalue weighted by Gasteiger charge is -2.17. The molecule has 0 saturated carbocycles. The maximum absolute atomic E-state index is 13.9. The van der Waals surface area contributed by atoms with Crippen molar-refractivity contribution in [3.8, 4) is 0 Å². The highest BCUT2D eigenvalue weighted by Gasteiger charge is 2.23. The van der Waals surface area contributed by atoms with Crippen molar-refractivity contribution in [1.82, 2.24) is 9.78 Å². The zero-order valence-corrected chi connectivity index (χ0v) is 13.6. The van der Waals surface area contributed by atoms with Gasteiger partial charge in [-0.05, 0) is 48.0 Å². The molecule has 2 rings (SSSR count). The molecule has 0 aliphatic carbocycles. The Hall–Kier alpha value is -0.720. The van der Waals surface area contributed by atoms with Crippen molar-refractivity contribution in [3.05, 3.63) is 50.4 Å². The monoisotopic (exact) mass is 390 g/mol. The van der Waals surface area contributed by atoms with Gasteiger partial charge >= 0.3 is 0 Å². The van der Waals surface area contributed by atoms with Crippen LogP contribution in [0.5, 0.6) is 0 Å². The highest BCUT2D eigenvalue weighted by molar-refractivity contribution is 9.10. The Morgan fingerprint density at radius 2 is 2.00 bits per heavy atom. The molecule has 1 unspecified atom stereocenters. The molecule has 2 aromatic rings. The predicted molar refractivity (Wildman–Crippen MR) is 78.5 cm³/mol. The molecule has 3 nitrogen and oxygen atoms in total. The molecule has 102 valence electrons. The third-order valence-corrected chi connectivity index (χ3v) is 3.89. The van der Waals surface area contributed by atoms with E-state index in [1.165, 1.54) is 6.07 Å². The van der Waals surface area contributed by atoms with Crippen molar-refractivity contribution < 1.29 is 9.50 Å². The lowest BCUT2D eigenvalue weighted by molar-refractivity contribution is 0.199. The molecule has 1 aromatic heterocycles. The Morgan fingerprint density at radius 1 is 1.32 bits per heavy atom. The molecule has 0 fully saturated rings. The molecular formula is C13H13Br2FN2O. The topological polar surface area (TPSA) is 38.0 Å². The van der Waals surface area contributed by atoms with Gasteiger partial charge in [0.05, 0.1) is 16.4 Å². The number of rotatable bonds is 3. The number of benzene rings is 1. The van der Waals surface area contributed by atoms with E-state index < -0.39 is 11.9 Å². The second-order valence-corrected chi connectivity index (χ2v) is 6.25. The zero-order chi connectivity index (χ0) is 14.2. The van der Waals surface area contributed by atoms with E-state index in [-0.39, 0.29) is 11.6 Å². The summed E-state index contributed by atoms with van der Waals surface area (Å²) in [5.41, 5.74) is 0.768. The summed E-state index contributed by atoms with van der Waals surface area (Å²) < 4.78 is 16.9. The highest BCUT2D eigenvalue weighted by Crippen LogP contribution is 2.32. The van der Waals surface area contributed by atoms with Gasteiger partial charge in [-0.15, -0.1) is 0 Å². The normalized spacial score (nSPS) is 13.0. The Labute approximate surface area is 127 Å². The highest BCUT2D eigenvalue weighted by atomic mass is 79.9. The maximum atomic E-state index is 13.9. The van der Waals surface area contributed by atoms with E-state index in [9.17, 15) is 9.50 Å². The molecule has 1 atom stereocenters. The van der Waals surface area contributed by atoms with Gasteiger partial charge in [0.15, 0.2) is 0 Å². The standard InChI is InChI=1S/C13H13Br2FN2O/c1-7(2)18-12(10(15)6-17-18)13(19)9-5-8(14)3-4-11(9)16/h3-7,13,19H,1-2H3. The molecule has 0 amide bonds. The van der Waals surface area contributed by atoms with Crippen molar-refractivity contribution in [3.63, 3.8) is 0 Å². The summed E-state index contributed by atoms with van der Waals surface area (Å²) in [4.78, 5) is 0. The Kier molecular flexibility index (Phi) is 4.43. The van der Waals surface area contributed by atoms with Crippen molar-refractivity contribution in [2.45, 2.75) is 26.0 Å². The van der Waals surface area contributed by atoms with E-state index in [0.29, 0.717) is 10.2 Å². The third kappa shape index (κ3) is 2.90. The Morgan fingerprint density at radius 3 is 2.63 bits per heavy atom. The van der Waals surface area contributed by atoms with Gasteiger partial charge in [0, 0.05) is 16.1 Å². The largest absolute Gasteiger partial charge is 0.382 e. The van der Waals surface area contributed by atoms with Crippen LogP contribution in [0, 0.1) is 5.82 Å². The summed E-state index contributed by atoms with van der Waals surface area (Å²) in [6, 6.07) is 4.57. The molecule has 19 heavy (non-hydrogen) atoms. The van der Waals surface area contributed by atoms with Gasteiger partial charge in [-0.25, -0.2) is 4.39 Å². The van der Waals surface area contributed by atoms with Crippen LogP contribution in [0.2, 0.25) is 0 Å². The number of aliphatic hydroxyl groups is 1. The third-order valence-electron chi connectivity index (χ3n) is 2.79. The van der Waals surface area contributed by atoms with Crippen LogP contribution in [0.25, 0.3) is 0 Å². The first-order valence-electron chi connectivity index (χ1n) is 5.77. The minimum Gasteiger partial charge on any atom is -0.382 e. The van der Waals surface area contributed by atoms with E-state index in [1.54, 1.807) is 23.0 Å². The summed E-state index contributed by atoms with van der Waals surface area (Å²) in [6.07, 6.45) is 0.533. The summed E-state index contributed by atoms with van der Waals surface area (Å²) >= 11 is 6.63. The van der Waals surface area contributed by atoms with Crippen molar-refractivity contribution >= 4 is 31.9 Å². The van der Waals surface area contributed by atoms with E-state index in [1.807, 2.05) is 13.8 Å². The lowest BCUT2D eigenvalue weighted by atomic mass is 10.1. The number of hydrogen-bond acceptors (Lipinski definition) is 2. The average molecular weight is 392 g/mol. The summed E-state index contributed by atoms with van der Waals surface area (Å²) in [6.45, 7) is 3.90. The van der Waals surface area contributed by atoms with Gasteiger partial charge in [-0.2, -0.15) is 5.10 Å². The van der Waals surface area contributed by atoms with Crippen LogP contribution in [0.3, 0.4) is 0 Å². The van der Waals surface area contributed by atoms with Crippen LogP contribution < -0.4 is 0 Å². The Balaban J connectivity index is 2.52. The molecule has 0 aliphatic heterocycles. The molecule has 0 radical (unpaired) electrons. The van der Waals surface area contributed by atoms with Gasteiger partial charge in [-0.3, -0.25) is 4.68 Å². The van der Waals surface area contributed by atoms with Crippen LogP contribution in [0.15, 0.2) is 33.3 Å². The van der Waals surface area contributed by atoms with Crippen molar-refractivity contribution in [2.24, 2.45) is 0 Å². The smallest absolute Gasteiger partial charge is 0.129 e. The first-order valence-corrected chi connectivity index (χ1v) is 7.36. The van der Waals surface area contributed by atoms with Gasteiger partial charge in [0.1, 0.15) is 11.9 Å². The minimum atomic E-state index is -1.07. The van der Waals surface area contributed by atoms with Crippen LogP contribution in [0.1, 0.15) is 37.3 Å². The fraction of sp³-hybridized carbons (Fsp3) is 0.308. The van der Waals surface area contributed by atoms with E-state index in [2.05, 4.69) is 37.0 Å². The Bertz CT molecular complexity index is 598. The van der Waals surface area contributed by atoms with E-state index in [4.69, 9.17) is 0 Å². The van der Waals surface area contributed by atoms with E-state index >= 15 is 0 Å². The van der Waals surface area contributed by atoms with Crippen LogP contribution in [0.4, 0.5) is 4.39 Å². The second kappa shape index (κ2) is 5.73. The molecule has 1 N–H and O–H groups in total. The molecule has 0 aliphatic rings. The molecule has 1 aromatic carbocycles. The zero-order valence-electron chi connectivity index (χ0n) is 10.4. The quantitative estimate of drug-likeness (QED) is 0.850. The fourth-order valence-corrected chi connectivity index (χ4v) is 2.76. The van der Waals surface area contributed by atoms with Crippen LogP contribution >= 0.6 is 31.9 Å². The number of aliphatic hydroxyl groups excluding tert-OH is 1. The van der Waals surface area contributed by atoms with Gasteiger partial charge in [-0.1, -0.05) is 15.9 Å². The van der Waals surface area contributed by atoms with Gasteiger partial charge < -0.3 is 5.11 Å². The number of hydrogen-bond donors (Lipinski definition) is 1. The summed E-state index contributed by atoms with van der Waals surface area (Å²) in [5, 5.41) is 14.6. The predicted octanol–water partition coefficient (Wildman–Crippen LogP) is 4.21. The first kappa shape index (κ1) is 14.7. The number of nitrogens with zero attached hydrogens (tertiary/aromatic N) is 2. The minimum absolute atomic E-state index is 0.0752. The average Bonchev–Trinajstić information content (AvgIpc) is 2.73. The lowest BCUT2D eigenvalue weighted by Crippen LogP contribution is -2.13. The molecule has 1 heterocycles. The summed E-state index contributed by atoms with van der Waals surface area (Å²) in [5.74, 6) is -0.445. The SMILES string of the molecule is CC(C)n1ncc(Br)c1C(O)c1cc(Br)ccc1F. The molecule has 0 spiro atoms. The van der Waals surface area contributed by atoms with E-state index in [0.717, 1.165) is 4.47 Å². The maximum Gasteiger partial charge on any atom is 0.129 e. The van der Waals surface area contributed by atoms with Gasteiger partial charge in [0.25, 0.3) is 0 Å². The van der Waals surface area contributed by atoms with Crippen molar-refractivity contribution in [2.75, 3.05) is 0 Å². The van der Waals surface area contributed by atoms with Crippen LogP contribution in [-0.2, 0) is 0 Å². The number of aromatic nitrogens is 2. The molecule has 6 heteroatoms. The molecule has 0 bridgehead atoms. The fourth-order valence-electron chi connectivity index (χ4n) is 1.89. The first-order chi connectivity index (χ1) is 8.91. The second-order valence-electron chi connectivity index (χ2n) is 4.48. The summed E-state index contributed by atoms with van der Waals surface area (Å²) in [7, 11) is 0. The van der Waals surface area contributed by atoms with Gasteiger partial charge in [0.2, 0.25) is 0 Å². The van der Waals surface area contributed by atoms with Crippen molar-refractivity contribution in [1.29, 1.82) is 0 Å². The molecule has 0 saturated heterocycles. The number of halogens is 3.